The molecule has 16 heavy (non-hydrogen) atoms. The van der Waals surface area contributed by atoms with Crippen LogP contribution in [0.5, 0.6) is 0 Å². The number of hydrogen-bond donors (Lipinski definition) is 3. The first-order valence-corrected chi connectivity index (χ1v) is 6.24. The molecule has 2 aliphatic rings. The van der Waals surface area contributed by atoms with Crippen LogP contribution >= 0.6 is 0 Å². The van der Waals surface area contributed by atoms with Gasteiger partial charge in [0.25, 0.3) is 0 Å². The van der Waals surface area contributed by atoms with E-state index in [0.717, 1.165) is 38.5 Å². The Labute approximate surface area is 96.6 Å². The topological polar surface area (TPSA) is 75.4 Å². The minimum absolute atomic E-state index is 0.00685. The van der Waals surface area contributed by atoms with Gasteiger partial charge < -0.3 is 16.2 Å². The molecule has 2 rings (SSSR count). The number of carbonyl (C=O) groups is 1. The van der Waals surface area contributed by atoms with E-state index in [9.17, 15) is 4.79 Å². The van der Waals surface area contributed by atoms with E-state index in [-0.39, 0.29) is 23.5 Å². The van der Waals surface area contributed by atoms with E-state index < -0.39 is 0 Å². The molecule has 0 radical (unpaired) electrons. The van der Waals surface area contributed by atoms with E-state index in [4.69, 9.17) is 10.8 Å². The number of aliphatic hydroxyl groups is 1. The summed E-state index contributed by atoms with van der Waals surface area (Å²) >= 11 is 0. The second kappa shape index (κ2) is 4.34. The van der Waals surface area contributed by atoms with Crippen molar-refractivity contribution in [2.75, 3.05) is 13.2 Å². The van der Waals surface area contributed by atoms with Crippen LogP contribution in [-0.4, -0.2) is 29.7 Å². The number of nitrogens with one attached hydrogen (secondary N) is 1. The van der Waals surface area contributed by atoms with Crippen molar-refractivity contribution in [2.45, 2.75) is 50.5 Å². The first-order valence-electron chi connectivity index (χ1n) is 6.24. The molecule has 0 spiro atoms. The van der Waals surface area contributed by atoms with Gasteiger partial charge in [0.05, 0.1) is 6.61 Å². The maximum absolute atomic E-state index is 11.7. The van der Waals surface area contributed by atoms with Gasteiger partial charge in [0.1, 0.15) is 0 Å². The molecule has 0 heterocycles. The smallest absolute Gasteiger partial charge is 0.221 e. The average molecular weight is 226 g/mol. The highest BCUT2D eigenvalue weighted by molar-refractivity contribution is 5.77. The second-order valence-electron chi connectivity index (χ2n) is 5.68. The summed E-state index contributed by atoms with van der Waals surface area (Å²) in [5.41, 5.74) is 5.87. The summed E-state index contributed by atoms with van der Waals surface area (Å²) in [5.74, 6) is 0.0455. The molecule has 0 aromatic heterocycles. The maximum Gasteiger partial charge on any atom is 0.221 e. The second-order valence-corrected chi connectivity index (χ2v) is 5.68. The van der Waals surface area contributed by atoms with Crippen molar-refractivity contribution in [1.82, 2.24) is 5.32 Å². The third-order valence-electron chi connectivity index (χ3n) is 4.07. The van der Waals surface area contributed by atoms with Crippen molar-refractivity contribution in [2.24, 2.45) is 11.1 Å². The van der Waals surface area contributed by atoms with Gasteiger partial charge in [0.2, 0.25) is 5.91 Å². The van der Waals surface area contributed by atoms with Crippen LogP contribution in [0.25, 0.3) is 0 Å². The molecule has 0 unspecified atom stereocenters. The number of nitrogens with two attached hydrogens (primary N) is 1. The van der Waals surface area contributed by atoms with Crippen molar-refractivity contribution < 1.29 is 9.90 Å². The van der Waals surface area contributed by atoms with Crippen molar-refractivity contribution in [3.05, 3.63) is 0 Å². The van der Waals surface area contributed by atoms with Gasteiger partial charge in [-0.2, -0.15) is 0 Å². The van der Waals surface area contributed by atoms with Crippen LogP contribution in [0.1, 0.15) is 44.9 Å². The zero-order valence-corrected chi connectivity index (χ0v) is 9.80. The lowest BCUT2D eigenvalue weighted by Crippen LogP contribution is -2.43. The molecular weight excluding hydrogens is 204 g/mol. The Morgan fingerprint density at radius 2 is 1.88 bits per heavy atom. The van der Waals surface area contributed by atoms with Crippen LogP contribution in [-0.2, 0) is 4.79 Å². The fourth-order valence-electron chi connectivity index (χ4n) is 2.49. The molecule has 4 nitrogen and oxygen atoms in total. The lowest BCUT2D eigenvalue weighted by atomic mass is 9.94. The Bertz CT molecular complexity index is 268. The Hall–Kier alpha value is -0.610. The van der Waals surface area contributed by atoms with E-state index >= 15 is 0 Å². The first kappa shape index (κ1) is 11.9. The van der Waals surface area contributed by atoms with Crippen LogP contribution in [0.2, 0.25) is 0 Å². The first-order chi connectivity index (χ1) is 7.58. The number of hydrogen-bond acceptors (Lipinski definition) is 3. The van der Waals surface area contributed by atoms with Crippen molar-refractivity contribution in [3.8, 4) is 0 Å². The van der Waals surface area contributed by atoms with E-state index in [1.165, 1.54) is 0 Å². The molecule has 4 heteroatoms. The van der Waals surface area contributed by atoms with Gasteiger partial charge in [-0.15, -0.1) is 0 Å². The normalized spacial score (nSPS) is 25.4. The SMILES string of the molecule is NC1(CC(=O)NCC2(CO)CC2)CCCC1. The number of carbonyl (C=O) groups excluding carboxylic acids is 1. The number of amides is 1. The fourth-order valence-corrected chi connectivity index (χ4v) is 2.49. The minimum Gasteiger partial charge on any atom is -0.396 e. The van der Waals surface area contributed by atoms with Gasteiger partial charge in [-0.1, -0.05) is 12.8 Å². The molecule has 0 aliphatic heterocycles. The minimum atomic E-state index is -0.264. The molecule has 92 valence electrons. The summed E-state index contributed by atoms with van der Waals surface area (Å²) in [4.78, 5) is 11.7. The Kier molecular flexibility index (Phi) is 3.22. The van der Waals surface area contributed by atoms with Crippen LogP contribution in [0.3, 0.4) is 0 Å². The monoisotopic (exact) mass is 226 g/mol. The highest BCUT2D eigenvalue weighted by Gasteiger charge is 2.42. The Morgan fingerprint density at radius 1 is 1.25 bits per heavy atom. The quantitative estimate of drug-likeness (QED) is 0.640. The predicted molar refractivity (Wildman–Crippen MR) is 61.8 cm³/mol. The molecule has 1 amide bonds. The summed E-state index contributed by atoms with van der Waals surface area (Å²) in [6.45, 7) is 0.791. The maximum atomic E-state index is 11.7. The van der Waals surface area contributed by atoms with Crippen LogP contribution in [0, 0.1) is 5.41 Å². The molecule has 0 atom stereocenters. The molecule has 0 aromatic carbocycles. The summed E-state index contributed by atoms with van der Waals surface area (Å²) in [6, 6.07) is 0. The Morgan fingerprint density at radius 3 is 2.38 bits per heavy atom. The van der Waals surface area contributed by atoms with Crippen molar-refractivity contribution >= 4 is 5.91 Å². The number of aliphatic hydroxyl groups excluding tert-OH is 1. The molecule has 4 N–H and O–H groups in total. The van der Waals surface area contributed by atoms with Gasteiger partial charge in [-0.3, -0.25) is 4.79 Å². The highest BCUT2D eigenvalue weighted by atomic mass is 16.3. The fraction of sp³-hybridized carbons (Fsp3) is 0.917. The van der Waals surface area contributed by atoms with E-state index in [1.54, 1.807) is 0 Å². The largest absolute Gasteiger partial charge is 0.396 e. The van der Waals surface area contributed by atoms with E-state index in [1.807, 2.05) is 0 Å². The molecule has 2 aliphatic carbocycles. The molecule has 0 aromatic rings. The molecule has 0 saturated heterocycles. The third-order valence-corrected chi connectivity index (χ3v) is 4.07. The van der Waals surface area contributed by atoms with Gasteiger partial charge >= 0.3 is 0 Å². The predicted octanol–water partition coefficient (Wildman–Crippen LogP) is 0.537. The van der Waals surface area contributed by atoms with Crippen LogP contribution < -0.4 is 11.1 Å². The van der Waals surface area contributed by atoms with Crippen LogP contribution in [0.15, 0.2) is 0 Å². The van der Waals surface area contributed by atoms with E-state index in [2.05, 4.69) is 5.32 Å². The standard InChI is InChI=1S/C12H22N2O2/c13-12(3-1-2-4-12)7-10(16)14-8-11(9-15)5-6-11/h15H,1-9,13H2,(H,14,16). The van der Waals surface area contributed by atoms with Crippen LogP contribution in [0.4, 0.5) is 0 Å². The van der Waals surface area contributed by atoms with Gasteiger partial charge in [-0.25, -0.2) is 0 Å². The third kappa shape index (κ3) is 2.74. The zero-order chi connectivity index (χ0) is 11.6. The molecule has 2 fully saturated rings. The summed E-state index contributed by atoms with van der Waals surface area (Å²) in [7, 11) is 0. The van der Waals surface area contributed by atoms with Gasteiger partial charge in [0.15, 0.2) is 0 Å². The summed E-state index contributed by atoms with van der Waals surface area (Å²) in [6.07, 6.45) is 6.70. The molecule has 2 saturated carbocycles. The van der Waals surface area contributed by atoms with E-state index in [0.29, 0.717) is 13.0 Å². The molecule has 0 bridgehead atoms. The highest BCUT2D eigenvalue weighted by Crippen LogP contribution is 2.44. The summed E-state index contributed by atoms with van der Waals surface area (Å²) < 4.78 is 0. The summed E-state index contributed by atoms with van der Waals surface area (Å²) in [5, 5.41) is 12.0. The van der Waals surface area contributed by atoms with Gasteiger partial charge in [-0.05, 0) is 25.7 Å². The van der Waals surface area contributed by atoms with Crippen molar-refractivity contribution in [3.63, 3.8) is 0 Å². The lowest BCUT2D eigenvalue weighted by Gasteiger charge is -2.23. The van der Waals surface area contributed by atoms with Crippen molar-refractivity contribution in [1.29, 1.82) is 0 Å². The number of rotatable bonds is 5. The lowest BCUT2D eigenvalue weighted by molar-refractivity contribution is -0.122. The Balaban J connectivity index is 1.72. The van der Waals surface area contributed by atoms with Gasteiger partial charge in [0, 0.05) is 23.9 Å². The average Bonchev–Trinajstić information content (AvgIpc) is 2.93. The zero-order valence-electron chi connectivity index (χ0n) is 9.80. The molecular formula is C12H22N2O2.